The molecule has 0 aromatic heterocycles. The molecule has 1 atom stereocenters. The molecule has 1 aliphatic rings. The summed E-state index contributed by atoms with van der Waals surface area (Å²) in [6.07, 6.45) is 1.24. The highest BCUT2D eigenvalue weighted by Crippen LogP contribution is 2.40. The zero-order chi connectivity index (χ0) is 12.3. The fourth-order valence-corrected chi connectivity index (χ4v) is 2.31. The van der Waals surface area contributed by atoms with Crippen molar-refractivity contribution in [3.05, 3.63) is 35.4 Å². The first-order valence-electron chi connectivity index (χ1n) is 5.65. The minimum Gasteiger partial charge on any atom is -0.479 e. The molecule has 0 bridgehead atoms. The molecule has 4 heteroatoms. The molecule has 0 amide bonds. The Morgan fingerprint density at radius 2 is 2.18 bits per heavy atom. The van der Waals surface area contributed by atoms with Gasteiger partial charge in [-0.05, 0) is 24.0 Å². The van der Waals surface area contributed by atoms with Crippen molar-refractivity contribution in [1.82, 2.24) is 0 Å². The number of hydrogen-bond acceptors (Lipinski definition) is 3. The first-order valence-corrected chi connectivity index (χ1v) is 5.65. The largest absolute Gasteiger partial charge is 0.479 e. The van der Waals surface area contributed by atoms with E-state index in [1.807, 2.05) is 24.3 Å². The van der Waals surface area contributed by atoms with E-state index in [0.29, 0.717) is 13.0 Å². The van der Waals surface area contributed by atoms with Crippen molar-refractivity contribution in [1.29, 1.82) is 0 Å². The summed E-state index contributed by atoms with van der Waals surface area (Å²) in [5.41, 5.74) is 0.658. The Hall–Kier alpha value is -1.39. The predicted octanol–water partition coefficient (Wildman–Crippen LogP) is 1.58. The van der Waals surface area contributed by atoms with Crippen molar-refractivity contribution in [2.24, 2.45) is 0 Å². The van der Waals surface area contributed by atoms with E-state index in [-0.39, 0.29) is 6.61 Å². The van der Waals surface area contributed by atoms with E-state index in [1.165, 1.54) is 0 Å². The summed E-state index contributed by atoms with van der Waals surface area (Å²) >= 11 is 0. The smallest absolute Gasteiger partial charge is 0.340 e. The highest BCUT2D eigenvalue weighted by molar-refractivity contribution is 5.81. The molecule has 0 fully saturated rings. The molecule has 17 heavy (non-hydrogen) atoms. The van der Waals surface area contributed by atoms with Gasteiger partial charge < -0.3 is 14.6 Å². The highest BCUT2D eigenvalue weighted by atomic mass is 16.5. The lowest BCUT2D eigenvalue weighted by molar-refractivity contribution is -0.169. The molecule has 4 nitrogen and oxygen atoms in total. The lowest BCUT2D eigenvalue weighted by Gasteiger charge is -2.25. The number of ether oxygens (including phenoxy) is 2. The number of fused-ring (bicyclic) bond motifs is 1. The third-order valence-corrected chi connectivity index (χ3v) is 3.18. The van der Waals surface area contributed by atoms with Crippen LogP contribution in [-0.2, 0) is 26.3 Å². The van der Waals surface area contributed by atoms with E-state index in [9.17, 15) is 9.90 Å². The number of hydrogen-bond donors (Lipinski definition) is 1. The lowest BCUT2D eigenvalue weighted by Crippen LogP contribution is -2.37. The van der Waals surface area contributed by atoms with Crippen molar-refractivity contribution in [2.75, 3.05) is 20.3 Å². The topological polar surface area (TPSA) is 55.8 Å². The summed E-state index contributed by atoms with van der Waals surface area (Å²) in [6.45, 7) is 0.689. The molecule has 92 valence electrons. The summed E-state index contributed by atoms with van der Waals surface area (Å²) in [4.78, 5) is 11.5. The summed E-state index contributed by atoms with van der Waals surface area (Å²) in [6, 6.07) is 7.57. The number of aryl methyl sites for hydroxylation is 1. The second kappa shape index (κ2) is 4.85. The third kappa shape index (κ3) is 2.06. The maximum Gasteiger partial charge on any atom is 0.340 e. The van der Waals surface area contributed by atoms with E-state index in [0.717, 1.165) is 17.5 Å². The van der Waals surface area contributed by atoms with E-state index in [4.69, 9.17) is 9.47 Å². The second-order valence-corrected chi connectivity index (χ2v) is 4.13. The Bertz CT molecular complexity index is 416. The number of rotatable bonds is 5. The normalized spacial score (nSPS) is 22.4. The van der Waals surface area contributed by atoms with Gasteiger partial charge in [0.25, 0.3) is 0 Å². The molecule has 2 rings (SSSR count). The van der Waals surface area contributed by atoms with E-state index < -0.39 is 11.6 Å². The maximum atomic E-state index is 11.5. The number of carboxylic acids is 1. The van der Waals surface area contributed by atoms with E-state index >= 15 is 0 Å². The minimum absolute atomic E-state index is 0.289. The van der Waals surface area contributed by atoms with Gasteiger partial charge in [-0.2, -0.15) is 0 Å². The van der Waals surface area contributed by atoms with Gasteiger partial charge >= 0.3 is 5.97 Å². The van der Waals surface area contributed by atoms with Crippen LogP contribution in [0.1, 0.15) is 17.5 Å². The lowest BCUT2D eigenvalue weighted by atomic mass is 9.96. The van der Waals surface area contributed by atoms with Crippen molar-refractivity contribution in [2.45, 2.75) is 18.4 Å². The Balaban J connectivity index is 2.28. The maximum absolute atomic E-state index is 11.5. The standard InChI is InChI=1S/C13H16O4/c1-16-8-9-17-13(12(14)15)7-6-10-4-2-3-5-11(10)13/h2-5H,6-9H2,1H3,(H,14,15). The van der Waals surface area contributed by atoms with E-state index in [2.05, 4.69) is 0 Å². The van der Waals surface area contributed by atoms with Crippen LogP contribution in [0, 0.1) is 0 Å². The first kappa shape index (κ1) is 12.1. The van der Waals surface area contributed by atoms with Gasteiger partial charge in [0.05, 0.1) is 13.2 Å². The molecule has 0 spiro atoms. The number of carboxylic acid groups (broad SMARTS) is 1. The number of benzene rings is 1. The zero-order valence-electron chi connectivity index (χ0n) is 9.81. The van der Waals surface area contributed by atoms with Crippen LogP contribution in [0.4, 0.5) is 0 Å². The number of methoxy groups -OCH3 is 1. The van der Waals surface area contributed by atoms with Gasteiger partial charge in [0.2, 0.25) is 0 Å². The fourth-order valence-electron chi connectivity index (χ4n) is 2.31. The van der Waals surface area contributed by atoms with Crippen LogP contribution in [0.3, 0.4) is 0 Å². The summed E-state index contributed by atoms with van der Waals surface area (Å²) in [5, 5.41) is 9.44. The SMILES string of the molecule is COCCOC1(C(=O)O)CCc2ccccc21. The van der Waals surface area contributed by atoms with Gasteiger partial charge in [0.1, 0.15) is 0 Å². The molecule has 0 aliphatic heterocycles. The zero-order valence-corrected chi connectivity index (χ0v) is 9.81. The molecule has 1 aromatic carbocycles. The molecule has 1 aliphatic carbocycles. The van der Waals surface area contributed by atoms with Crippen LogP contribution in [0.25, 0.3) is 0 Å². The van der Waals surface area contributed by atoms with Gasteiger partial charge in [-0.15, -0.1) is 0 Å². The summed E-state index contributed by atoms with van der Waals surface area (Å²) in [5.74, 6) is -0.918. The van der Waals surface area contributed by atoms with Gasteiger partial charge in [-0.25, -0.2) is 4.79 Å². The quantitative estimate of drug-likeness (QED) is 0.788. The van der Waals surface area contributed by atoms with Crippen LogP contribution in [-0.4, -0.2) is 31.4 Å². The molecule has 1 unspecified atom stereocenters. The molecular weight excluding hydrogens is 220 g/mol. The van der Waals surface area contributed by atoms with Crippen LogP contribution < -0.4 is 0 Å². The molecular formula is C13H16O4. The molecule has 1 aromatic rings. The van der Waals surface area contributed by atoms with Crippen LogP contribution >= 0.6 is 0 Å². The number of carbonyl (C=O) groups is 1. The molecule has 0 saturated heterocycles. The summed E-state index contributed by atoms with van der Waals surface area (Å²) in [7, 11) is 1.57. The predicted molar refractivity (Wildman–Crippen MR) is 61.9 cm³/mol. The van der Waals surface area contributed by atoms with Crippen LogP contribution in [0.2, 0.25) is 0 Å². The van der Waals surface area contributed by atoms with Crippen LogP contribution in [0.15, 0.2) is 24.3 Å². The summed E-state index contributed by atoms with van der Waals surface area (Å²) < 4.78 is 10.5. The van der Waals surface area contributed by atoms with Gasteiger partial charge in [-0.1, -0.05) is 24.3 Å². The fraction of sp³-hybridized carbons (Fsp3) is 0.462. The van der Waals surface area contributed by atoms with Crippen LogP contribution in [0.5, 0.6) is 0 Å². The van der Waals surface area contributed by atoms with Crippen molar-refractivity contribution < 1.29 is 19.4 Å². The Morgan fingerprint density at radius 1 is 1.41 bits per heavy atom. The van der Waals surface area contributed by atoms with Gasteiger partial charge in [0.15, 0.2) is 5.60 Å². The third-order valence-electron chi connectivity index (χ3n) is 3.18. The molecule has 1 N–H and O–H groups in total. The minimum atomic E-state index is -1.19. The average molecular weight is 236 g/mol. The van der Waals surface area contributed by atoms with Crippen molar-refractivity contribution in [3.63, 3.8) is 0 Å². The van der Waals surface area contributed by atoms with E-state index in [1.54, 1.807) is 7.11 Å². The van der Waals surface area contributed by atoms with Crippen molar-refractivity contribution in [3.8, 4) is 0 Å². The Kier molecular flexibility index (Phi) is 3.45. The van der Waals surface area contributed by atoms with Gasteiger partial charge in [0, 0.05) is 7.11 Å². The first-order chi connectivity index (χ1) is 8.20. The Labute approximate surface area is 100 Å². The molecule has 0 heterocycles. The highest BCUT2D eigenvalue weighted by Gasteiger charge is 2.46. The Morgan fingerprint density at radius 3 is 2.88 bits per heavy atom. The number of aliphatic carboxylic acids is 1. The molecule has 0 radical (unpaired) electrons. The second-order valence-electron chi connectivity index (χ2n) is 4.13. The van der Waals surface area contributed by atoms with Gasteiger partial charge in [-0.3, -0.25) is 0 Å². The molecule has 0 saturated carbocycles. The van der Waals surface area contributed by atoms with Crippen molar-refractivity contribution >= 4 is 5.97 Å². The average Bonchev–Trinajstić information content (AvgIpc) is 2.70. The monoisotopic (exact) mass is 236 g/mol.